The van der Waals surface area contributed by atoms with Crippen LogP contribution in [-0.2, 0) is 30.1 Å². The zero-order valence-corrected chi connectivity index (χ0v) is 24.5. The van der Waals surface area contributed by atoms with E-state index in [-0.39, 0.29) is 32.4 Å². The number of rotatable bonds is 6. The Balaban J connectivity index is 0.00000289. The summed E-state index contributed by atoms with van der Waals surface area (Å²) in [6, 6.07) is 13.2. The molecule has 2 atom stereocenters. The molecule has 0 radical (unpaired) electrons. The van der Waals surface area contributed by atoms with E-state index in [0.29, 0.717) is 0 Å². The van der Waals surface area contributed by atoms with Crippen molar-refractivity contribution in [3.05, 3.63) is 116 Å². The first-order chi connectivity index (χ1) is 14.9. The molecule has 6 heteroatoms. The number of hydrogen-bond donors (Lipinski definition) is 0. The number of hydrogen-bond acceptors (Lipinski definition) is 2. The summed E-state index contributed by atoms with van der Waals surface area (Å²) in [5.74, 6) is 0. The van der Waals surface area contributed by atoms with Gasteiger partial charge in [0.25, 0.3) is 0 Å². The Labute approximate surface area is 219 Å². The molecule has 0 saturated heterocycles. The van der Waals surface area contributed by atoms with E-state index in [4.69, 9.17) is 0 Å². The van der Waals surface area contributed by atoms with Crippen molar-refractivity contribution in [3.8, 4) is 0 Å². The normalized spacial score (nSPS) is 12.9. The molecule has 0 fully saturated rings. The first-order valence-electron chi connectivity index (χ1n) is 10.8. The van der Waals surface area contributed by atoms with E-state index in [1.165, 1.54) is 0 Å². The Bertz CT molecular complexity index is 1210. The monoisotopic (exact) mass is 656 g/mol. The second-order valence-electron chi connectivity index (χ2n) is 8.94. The molecule has 0 spiro atoms. The fourth-order valence-corrected chi connectivity index (χ4v) is 5.83. The van der Waals surface area contributed by atoms with Crippen molar-refractivity contribution in [2.24, 2.45) is 0 Å². The molecule has 0 aliphatic carbocycles. The summed E-state index contributed by atoms with van der Waals surface area (Å²) in [4.78, 5) is 0.153. The molecule has 0 aromatic heterocycles. The molecule has 0 saturated carbocycles. The van der Waals surface area contributed by atoms with Crippen molar-refractivity contribution in [2.75, 3.05) is 0 Å². The van der Waals surface area contributed by atoms with Gasteiger partial charge in [-0.15, -0.1) is 12.1 Å². The molecule has 0 unspecified atom stereocenters. The molecule has 1 N–H and O–H groups in total. The number of aryl methyl sites for hydroxylation is 7. The molecular weight excluding hydrogens is 621 g/mol. The first-order valence-corrected chi connectivity index (χ1v) is 12.2. The smallest absolute Gasteiger partial charge is 0.672 e. The van der Waals surface area contributed by atoms with E-state index in [2.05, 4.69) is 4.72 Å². The van der Waals surface area contributed by atoms with Crippen LogP contribution >= 0.6 is 0 Å². The van der Waals surface area contributed by atoms with Gasteiger partial charge in [-0.3, -0.25) is 0 Å². The SMILES string of the molecule is Cc1ccc(S(=O)(=O)[N-][C@H](c2c(C)cc(C)cc2C)[C@H]([NH-])c2c(C)cc(C)cc2C)cc1.[CH3-].[Ir+3]. The second-order valence-corrected chi connectivity index (χ2v) is 10.6. The minimum atomic E-state index is -3.95. The van der Waals surface area contributed by atoms with Crippen LogP contribution in [0.4, 0.5) is 0 Å². The van der Waals surface area contributed by atoms with Gasteiger partial charge in [-0.25, -0.2) is 8.42 Å². The van der Waals surface area contributed by atoms with Crippen LogP contribution in [0.25, 0.3) is 10.5 Å². The van der Waals surface area contributed by atoms with Gasteiger partial charge in [0, 0.05) is 4.90 Å². The van der Waals surface area contributed by atoms with E-state index in [1.54, 1.807) is 24.3 Å². The Morgan fingerprint density at radius 1 is 0.676 bits per heavy atom. The van der Waals surface area contributed by atoms with Gasteiger partial charge in [0.2, 0.25) is 0 Å². The van der Waals surface area contributed by atoms with Gasteiger partial charge in [-0.2, -0.15) is 0 Å². The third-order valence-electron chi connectivity index (χ3n) is 5.97. The number of nitrogens with one attached hydrogen (secondary N) is 1. The van der Waals surface area contributed by atoms with Crippen molar-refractivity contribution in [2.45, 2.75) is 65.4 Å². The van der Waals surface area contributed by atoms with Gasteiger partial charge in [-0.1, -0.05) is 64.2 Å². The summed E-state index contributed by atoms with van der Waals surface area (Å²) in [5.41, 5.74) is 18.0. The van der Waals surface area contributed by atoms with Gasteiger partial charge in [0.05, 0.1) is 0 Å². The molecule has 0 aliphatic rings. The average molecular weight is 656 g/mol. The summed E-state index contributed by atoms with van der Waals surface area (Å²) in [7, 11) is -3.95. The van der Waals surface area contributed by atoms with Gasteiger partial charge in [0.15, 0.2) is 0 Å². The van der Waals surface area contributed by atoms with Crippen molar-refractivity contribution in [3.63, 3.8) is 0 Å². The van der Waals surface area contributed by atoms with Crippen LogP contribution in [0.2, 0.25) is 0 Å². The quantitative estimate of drug-likeness (QED) is 0.254. The van der Waals surface area contributed by atoms with Crippen LogP contribution in [0, 0.1) is 55.9 Å². The second kappa shape index (κ2) is 11.7. The van der Waals surface area contributed by atoms with Gasteiger partial charge in [-0.05, 0) is 82.9 Å². The number of benzene rings is 3. The largest absolute Gasteiger partial charge is 3.00 e. The topological polar surface area (TPSA) is 72.0 Å². The average Bonchev–Trinajstić information content (AvgIpc) is 2.65. The fraction of sp³-hybridized carbons (Fsp3) is 0.321. The van der Waals surface area contributed by atoms with Crippen LogP contribution in [-0.4, -0.2) is 8.42 Å². The summed E-state index contributed by atoms with van der Waals surface area (Å²) in [6.07, 6.45) is 0. The van der Waals surface area contributed by atoms with Crippen molar-refractivity contribution < 1.29 is 28.5 Å². The van der Waals surface area contributed by atoms with E-state index < -0.39 is 22.1 Å². The van der Waals surface area contributed by atoms with Crippen LogP contribution < -0.4 is 0 Å². The van der Waals surface area contributed by atoms with Crippen molar-refractivity contribution in [1.82, 2.24) is 0 Å². The zero-order valence-electron chi connectivity index (χ0n) is 21.3. The molecule has 184 valence electrons. The summed E-state index contributed by atoms with van der Waals surface area (Å²) in [6.45, 7) is 13.9. The molecule has 0 aliphatic heterocycles. The molecule has 3 aromatic carbocycles. The summed E-state index contributed by atoms with van der Waals surface area (Å²) in [5, 5.41) is 0. The van der Waals surface area contributed by atoms with Crippen molar-refractivity contribution >= 4 is 10.0 Å². The number of nitrogens with zero attached hydrogens (tertiary/aromatic N) is 1. The predicted molar refractivity (Wildman–Crippen MR) is 139 cm³/mol. The summed E-state index contributed by atoms with van der Waals surface area (Å²) < 4.78 is 31.0. The standard InChI is InChI=1S/C27H32N2O2S.CH3.Ir/c1-16-8-10-23(11-9-16)32(30,31)29-27(25-21(6)14-18(3)15-22(25)7)26(28)24-19(4)12-17(2)13-20(24)5;;/h8-15,26-28H,1-7H3;1H3;/q-2;-1;+3/t26-,27-;;/m1../s1. The van der Waals surface area contributed by atoms with E-state index in [0.717, 1.165) is 50.1 Å². The van der Waals surface area contributed by atoms with E-state index in [9.17, 15) is 14.2 Å². The summed E-state index contributed by atoms with van der Waals surface area (Å²) >= 11 is 0. The Kier molecular flexibility index (Phi) is 10.4. The number of sulfonamides is 1. The Hall–Kier alpha value is -1.82. The molecule has 0 bridgehead atoms. The zero-order chi connectivity index (χ0) is 23.8. The molecule has 3 rings (SSSR count). The van der Waals surface area contributed by atoms with Crippen LogP contribution in [0.1, 0.15) is 62.2 Å². The van der Waals surface area contributed by atoms with E-state index >= 15 is 0 Å². The fourth-order valence-electron chi connectivity index (χ4n) is 4.70. The minimum absolute atomic E-state index is 0. The third-order valence-corrected chi connectivity index (χ3v) is 7.34. The first kappa shape index (κ1) is 30.2. The minimum Gasteiger partial charge on any atom is -0.672 e. The molecular formula is C28H35IrN2O2S. The van der Waals surface area contributed by atoms with Crippen molar-refractivity contribution in [1.29, 1.82) is 0 Å². The van der Waals surface area contributed by atoms with E-state index in [1.807, 2.05) is 72.7 Å². The predicted octanol–water partition coefficient (Wildman–Crippen LogP) is 7.89. The van der Waals surface area contributed by atoms with Gasteiger partial charge >= 0.3 is 20.1 Å². The van der Waals surface area contributed by atoms with Gasteiger partial charge in [0.1, 0.15) is 10.0 Å². The van der Waals surface area contributed by atoms with Crippen LogP contribution in [0.3, 0.4) is 0 Å². The van der Waals surface area contributed by atoms with Crippen LogP contribution in [0.5, 0.6) is 0 Å². The van der Waals surface area contributed by atoms with Crippen LogP contribution in [0.15, 0.2) is 53.4 Å². The maximum atomic E-state index is 13.3. The molecule has 0 heterocycles. The molecule has 34 heavy (non-hydrogen) atoms. The Morgan fingerprint density at radius 2 is 1.06 bits per heavy atom. The van der Waals surface area contributed by atoms with Gasteiger partial charge < -0.3 is 17.9 Å². The maximum absolute atomic E-state index is 13.3. The molecule has 4 nitrogen and oxygen atoms in total. The Morgan fingerprint density at radius 3 is 1.47 bits per heavy atom. The molecule has 3 aromatic rings. The molecule has 0 amide bonds. The maximum Gasteiger partial charge on any atom is 3.00 e. The third kappa shape index (κ3) is 6.44.